The van der Waals surface area contributed by atoms with Gasteiger partial charge >= 0.3 is 6.18 Å². The van der Waals surface area contributed by atoms with Crippen molar-refractivity contribution in [3.63, 3.8) is 0 Å². The van der Waals surface area contributed by atoms with Gasteiger partial charge in [-0.05, 0) is 125 Å². The van der Waals surface area contributed by atoms with Crippen molar-refractivity contribution in [3.05, 3.63) is 34.3 Å². The fraction of sp³-hybridized carbons (Fsp3) is 0.750. The number of nitrogens with one attached hydrogen (secondary N) is 4. The van der Waals surface area contributed by atoms with E-state index in [1.807, 2.05) is 20.8 Å². The van der Waals surface area contributed by atoms with Crippen molar-refractivity contribution in [2.75, 3.05) is 81.6 Å². The van der Waals surface area contributed by atoms with Gasteiger partial charge in [0.05, 0.1) is 36.6 Å². The minimum Gasteiger partial charge on any atom is -0.343 e. The number of carbonyl (C=O) groups excluding carboxylic acids is 12. The van der Waals surface area contributed by atoms with E-state index in [4.69, 9.17) is 11.6 Å². The van der Waals surface area contributed by atoms with Gasteiger partial charge in [-0.15, -0.1) is 0 Å². The summed E-state index contributed by atoms with van der Waals surface area (Å²) in [5.74, 6) is -8.85. The fourth-order valence-corrected chi connectivity index (χ4v) is 15.7. The third-order valence-electron chi connectivity index (χ3n) is 22.0. The molecule has 12 amide bonds. The Morgan fingerprint density at radius 2 is 1.22 bits per heavy atom. The molecule has 3 aliphatic carbocycles. The molecule has 0 aromatic heterocycles. The van der Waals surface area contributed by atoms with Gasteiger partial charge in [0.1, 0.15) is 47.8 Å². The molecular weight excluding hydrogens is 1320 g/mol. The van der Waals surface area contributed by atoms with Gasteiger partial charge in [-0.3, -0.25) is 57.5 Å². The van der Waals surface area contributed by atoms with Crippen molar-refractivity contribution in [1.29, 1.82) is 0 Å². The molecule has 100 heavy (non-hydrogen) atoms. The Morgan fingerprint density at radius 3 is 1.83 bits per heavy atom. The molecule has 3 heterocycles. The van der Waals surface area contributed by atoms with Gasteiger partial charge in [0, 0.05) is 61.9 Å². The molecule has 0 bridgehead atoms. The van der Waals surface area contributed by atoms with E-state index in [2.05, 4.69) is 21.3 Å². The highest BCUT2D eigenvalue weighted by atomic mass is 35.5. The zero-order valence-electron chi connectivity index (χ0n) is 60.5. The Labute approximate surface area is 592 Å². The largest absolute Gasteiger partial charge is 0.417 e. The molecule has 24 nitrogen and oxygen atoms in total. The normalized spacial score (nSPS) is 26.8. The van der Waals surface area contributed by atoms with Crippen molar-refractivity contribution < 1.29 is 70.7 Å². The number of nitrogens with zero attached hydrogens (tertiary/aromatic N) is 8. The highest BCUT2D eigenvalue weighted by Gasteiger charge is 2.50. The summed E-state index contributed by atoms with van der Waals surface area (Å²) in [6, 6.07) is -5.57. The number of fused-ring (bicyclic) bond motifs is 1. The van der Waals surface area contributed by atoms with Crippen molar-refractivity contribution >= 4 is 82.5 Å². The average Bonchev–Trinajstić information content (AvgIpc) is 1.78. The zero-order chi connectivity index (χ0) is 73.5. The van der Waals surface area contributed by atoms with E-state index in [-0.39, 0.29) is 63.3 Å². The summed E-state index contributed by atoms with van der Waals surface area (Å²) in [6.45, 7) is 6.45. The van der Waals surface area contributed by atoms with Crippen LogP contribution < -0.4 is 21.3 Å². The molecule has 1 spiro atoms. The minimum atomic E-state index is -4.76. The van der Waals surface area contributed by atoms with Crippen LogP contribution in [0.2, 0.25) is 5.02 Å². The van der Waals surface area contributed by atoms with E-state index in [0.29, 0.717) is 70.0 Å². The van der Waals surface area contributed by atoms with E-state index >= 15 is 28.8 Å². The van der Waals surface area contributed by atoms with E-state index in [0.717, 1.165) is 84.6 Å². The number of hydrogen-bond donors (Lipinski definition) is 4. The number of piperidine rings is 1. The second-order valence-corrected chi connectivity index (χ2v) is 30.2. The Kier molecular flexibility index (Phi) is 29.0. The maximum absolute atomic E-state index is 15.6. The summed E-state index contributed by atoms with van der Waals surface area (Å²) in [5, 5.41) is 11.2. The van der Waals surface area contributed by atoms with Crippen LogP contribution in [0.4, 0.5) is 13.2 Å². The first-order chi connectivity index (χ1) is 47.3. The Balaban J connectivity index is 1.27. The number of likely N-dealkylation sites (N-methyl/N-ethyl adjacent to an activating group) is 6. The molecule has 6 aliphatic rings. The summed E-state index contributed by atoms with van der Waals surface area (Å²) in [6.07, 6.45) is 7.04. The number of rotatable bonds is 11. The lowest BCUT2D eigenvalue weighted by molar-refractivity contribution is -0.152. The second kappa shape index (κ2) is 36.2. The lowest BCUT2D eigenvalue weighted by atomic mass is 9.82. The number of alkyl halides is 3. The highest BCUT2D eigenvalue weighted by molar-refractivity contribution is 6.31. The molecule has 0 unspecified atom stereocenters. The van der Waals surface area contributed by atoms with Crippen LogP contribution in [-0.2, 0) is 70.1 Å². The summed E-state index contributed by atoms with van der Waals surface area (Å²) >= 11 is 6.15. The molecule has 7 rings (SSSR count). The van der Waals surface area contributed by atoms with Crippen molar-refractivity contribution in [1.82, 2.24) is 60.5 Å². The van der Waals surface area contributed by atoms with Crippen LogP contribution in [0, 0.1) is 23.7 Å². The van der Waals surface area contributed by atoms with Gasteiger partial charge in [-0.2, -0.15) is 13.2 Å². The molecule has 558 valence electrons. The van der Waals surface area contributed by atoms with Gasteiger partial charge in [0.25, 0.3) is 0 Å². The van der Waals surface area contributed by atoms with Gasteiger partial charge in [0.15, 0.2) is 0 Å². The van der Waals surface area contributed by atoms with Crippen LogP contribution in [0.3, 0.4) is 0 Å². The Morgan fingerprint density at radius 1 is 0.620 bits per heavy atom. The summed E-state index contributed by atoms with van der Waals surface area (Å²) in [4.78, 5) is 189. The van der Waals surface area contributed by atoms with Gasteiger partial charge in [-0.25, -0.2) is 0 Å². The minimum absolute atomic E-state index is 0.0202. The molecular formula is C72H110ClF3N12O12. The van der Waals surface area contributed by atoms with Gasteiger partial charge in [-0.1, -0.05) is 116 Å². The topological polar surface area (TPSA) is 279 Å². The second-order valence-electron chi connectivity index (χ2n) is 29.8. The number of hydrogen-bond acceptors (Lipinski definition) is 12. The van der Waals surface area contributed by atoms with Crippen LogP contribution in [0.25, 0.3) is 0 Å². The lowest BCUT2D eigenvalue weighted by Crippen LogP contribution is -2.65. The van der Waals surface area contributed by atoms with Crippen molar-refractivity contribution in [2.24, 2.45) is 23.7 Å². The Bertz CT molecular complexity index is 3100. The number of carbonyl (C=O) groups is 12. The van der Waals surface area contributed by atoms with E-state index < -0.39 is 173 Å². The molecule has 4 N–H and O–H groups in total. The number of likely N-dealkylation sites (tertiary alicyclic amines) is 1. The average molecular weight is 1430 g/mol. The van der Waals surface area contributed by atoms with Crippen LogP contribution in [-0.4, -0.2) is 239 Å². The number of halogens is 4. The number of benzene rings is 1. The standard InChI is InChI=1S/C72H110ClF3N12O12/c1-11-46(4)61-68(98)83(7)43-59(91)81(5)44-60(92)85(9)55(40-47-24-15-12-16-25-47)66(96)82(6)42-57(89)77-52(32-30-48-29-31-50(51(73)39-48)72(74,75)76)65(95)88-37-23-28-53(88)64(94)80-71(33-19-20-34-71)70(100)79-62(49-26-17-13-18-27-49)69(99)86(10)56(67(97)87-35-21-14-22-36-87)41-58(90)84(8)54(38-45(2)3)63(93)78-61/h29,31,39,45-47,49,52-56,61-62H,11-28,30,32-38,40-44H2,1-10H3,(H,77,89)(H,78,93)(H,79,100)(H,80,94)/t46-,52-,53-,54-,55-,56-,61-,62-/m0/s1. The van der Waals surface area contributed by atoms with Gasteiger partial charge < -0.3 is 60.5 Å². The highest BCUT2D eigenvalue weighted by Crippen LogP contribution is 2.37. The van der Waals surface area contributed by atoms with Crippen LogP contribution in [0.15, 0.2) is 18.2 Å². The zero-order valence-corrected chi connectivity index (χ0v) is 61.2. The molecule has 28 heteroatoms. The van der Waals surface area contributed by atoms with Crippen molar-refractivity contribution in [2.45, 2.75) is 242 Å². The summed E-state index contributed by atoms with van der Waals surface area (Å²) < 4.78 is 41.6. The number of aryl methyl sites for hydroxylation is 1. The predicted molar refractivity (Wildman–Crippen MR) is 369 cm³/mol. The lowest BCUT2D eigenvalue weighted by Gasteiger charge is -2.40. The summed E-state index contributed by atoms with van der Waals surface area (Å²) in [7, 11) is 8.47. The van der Waals surface area contributed by atoms with Crippen LogP contribution in [0.5, 0.6) is 0 Å². The van der Waals surface area contributed by atoms with E-state index in [1.54, 1.807) is 11.8 Å². The molecule has 1 aromatic carbocycles. The predicted octanol–water partition coefficient (Wildman–Crippen LogP) is 6.08. The smallest absolute Gasteiger partial charge is 0.343 e. The van der Waals surface area contributed by atoms with Gasteiger partial charge in [0.2, 0.25) is 70.9 Å². The third kappa shape index (κ3) is 20.6. The first-order valence-electron chi connectivity index (χ1n) is 36.5. The molecule has 6 fully saturated rings. The first-order valence-corrected chi connectivity index (χ1v) is 36.8. The van der Waals surface area contributed by atoms with Crippen molar-refractivity contribution in [3.8, 4) is 0 Å². The summed E-state index contributed by atoms with van der Waals surface area (Å²) in [5.41, 5.74) is -2.35. The maximum Gasteiger partial charge on any atom is 0.417 e. The maximum atomic E-state index is 15.6. The van der Waals surface area contributed by atoms with E-state index in [1.165, 1.54) is 68.0 Å². The number of amides is 12. The van der Waals surface area contributed by atoms with Crippen LogP contribution in [0.1, 0.15) is 193 Å². The first kappa shape index (κ1) is 80.3. The SMILES string of the molecule is CC[C@H](C)[C@@H]1NC(=O)[C@H](CC(C)C)N(C)C(=O)C[C@@H](C(=O)N2CCCCC2)N(C)C(=O)[C@H](C2CCCCC2)NC(=O)C2(CCCC2)NC(=O)[C@@H]2CCCN2C(=O)[C@H](CCc2ccc(C(F)(F)F)c(Cl)c2)NC(=O)CN(C)C(=O)[C@H](CC2CCCCC2)N(C)C(=O)CN(C)C(=O)CN(C)C1=O. The Hall–Kier alpha value is -7.06. The van der Waals surface area contributed by atoms with Crippen LogP contribution >= 0.6 is 11.6 Å². The molecule has 3 saturated heterocycles. The molecule has 3 saturated carbocycles. The third-order valence-corrected chi connectivity index (χ3v) is 22.3. The quantitative estimate of drug-likeness (QED) is 0.196. The fourth-order valence-electron chi connectivity index (χ4n) is 15.4. The monoisotopic (exact) mass is 1430 g/mol. The molecule has 1 aromatic rings. The molecule has 0 radical (unpaired) electrons. The van der Waals surface area contributed by atoms with E-state index in [9.17, 15) is 41.9 Å². The molecule has 8 atom stereocenters. The molecule has 3 aliphatic heterocycles.